The van der Waals surface area contributed by atoms with Gasteiger partial charge in [-0.2, -0.15) is 4.31 Å². The molecule has 2 aromatic rings. The van der Waals surface area contributed by atoms with Crippen molar-refractivity contribution in [2.75, 3.05) is 13.1 Å². The summed E-state index contributed by atoms with van der Waals surface area (Å²) in [4.78, 5) is 12.5. The number of sulfonamides is 1. The molecule has 1 heterocycles. The Hall–Kier alpha value is -1.89. The lowest BCUT2D eigenvalue weighted by Crippen LogP contribution is -2.46. The Bertz CT molecular complexity index is 904. The number of nitrogens with zero attached hydrogens (tertiary/aromatic N) is 1. The molecule has 1 amide bonds. The molecule has 0 atom stereocenters. The van der Waals surface area contributed by atoms with Crippen LogP contribution in [0, 0.1) is 6.92 Å². The van der Waals surface area contributed by atoms with E-state index < -0.39 is 10.0 Å². The van der Waals surface area contributed by atoms with Gasteiger partial charge in [-0.15, -0.1) is 0 Å². The number of carbonyl (C=O) groups is 1. The lowest BCUT2D eigenvalue weighted by Gasteiger charge is -2.31. The molecule has 5 nitrogen and oxygen atoms in total. The number of hydrogen-bond acceptors (Lipinski definition) is 3. The van der Waals surface area contributed by atoms with Crippen LogP contribution in [0.25, 0.3) is 0 Å². The Kier molecular flexibility index (Phi) is 6.75. The fraction of sp³-hybridized carbons (Fsp3) is 0.381. The summed E-state index contributed by atoms with van der Waals surface area (Å²) < 4.78 is 27.0. The van der Waals surface area contributed by atoms with E-state index in [-0.39, 0.29) is 11.9 Å². The lowest BCUT2D eigenvalue weighted by molar-refractivity contribution is -0.122. The van der Waals surface area contributed by atoms with Crippen molar-refractivity contribution in [3.63, 3.8) is 0 Å². The third kappa shape index (κ3) is 5.34. The highest BCUT2D eigenvalue weighted by Gasteiger charge is 2.29. The zero-order valence-electron chi connectivity index (χ0n) is 15.9. The molecular weight excluding hydrogens is 396 g/mol. The second-order valence-corrected chi connectivity index (χ2v) is 9.56. The summed E-state index contributed by atoms with van der Waals surface area (Å²) in [7, 11) is -3.47. The molecule has 0 aliphatic carbocycles. The van der Waals surface area contributed by atoms with Gasteiger partial charge in [0.15, 0.2) is 0 Å². The van der Waals surface area contributed by atoms with Gasteiger partial charge in [-0.1, -0.05) is 41.4 Å². The predicted octanol–water partition coefficient (Wildman–Crippen LogP) is 3.55. The number of benzene rings is 2. The molecule has 7 heteroatoms. The highest BCUT2D eigenvalue weighted by molar-refractivity contribution is 7.89. The van der Waals surface area contributed by atoms with Gasteiger partial charge in [0.2, 0.25) is 15.9 Å². The third-order valence-corrected chi connectivity index (χ3v) is 7.20. The normalized spacial score (nSPS) is 16.1. The van der Waals surface area contributed by atoms with Gasteiger partial charge in [-0.05, 0) is 56.0 Å². The Morgan fingerprint density at radius 1 is 1.07 bits per heavy atom. The maximum atomic E-state index is 12.7. The van der Waals surface area contributed by atoms with Gasteiger partial charge in [0.05, 0.1) is 4.90 Å². The average molecular weight is 421 g/mol. The SMILES string of the molecule is Cc1ccc(S(=O)(=O)N2CCC(NC(=O)CCc3ccc(Cl)cc3)CC2)cc1. The van der Waals surface area contributed by atoms with Crippen molar-refractivity contribution in [2.45, 2.75) is 43.5 Å². The van der Waals surface area contributed by atoms with Crippen molar-refractivity contribution in [1.29, 1.82) is 0 Å². The molecule has 1 aliphatic rings. The summed E-state index contributed by atoms with van der Waals surface area (Å²) in [6.45, 7) is 2.76. The van der Waals surface area contributed by atoms with Crippen molar-refractivity contribution >= 4 is 27.5 Å². The molecule has 0 radical (unpaired) electrons. The van der Waals surface area contributed by atoms with Crippen molar-refractivity contribution < 1.29 is 13.2 Å². The van der Waals surface area contributed by atoms with Crippen LogP contribution in [0.15, 0.2) is 53.4 Å². The standard InChI is InChI=1S/C21H25ClN2O3S/c1-16-2-9-20(10-3-16)28(26,27)24-14-12-19(13-15-24)23-21(25)11-6-17-4-7-18(22)8-5-17/h2-5,7-10,19H,6,11-15H2,1H3,(H,23,25). The number of aryl methyl sites for hydroxylation is 2. The maximum Gasteiger partial charge on any atom is 0.243 e. The fourth-order valence-corrected chi connectivity index (χ4v) is 4.90. The monoisotopic (exact) mass is 420 g/mol. The van der Waals surface area contributed by atoms with Crippen LogP contribution in [-0.2, 0) is 21.2 Å². The number of hydrogen-bond donors (Lipinski definition) is 1. The van der Waals surface area contributed by atoms with Crippen LogP contribution < -0.4 is 5.32 Å². The number of nitrogens with one attached hydrogen (secondary N) is 1. The van der Waals surface area contributed by atoms with Crippen LogP contribution in [0.4, 0.5) is 0 Å². The Labute approximate surface area is 171 Å². The fourth-order valence-electron chi connectivity index (χ4n) is 3.31. The van der Waals surface area contributed by atoms with Gasteiger partial charge < -0.3 is 5.32 Å². The van der Waals surface area contributed by atoms with E-state index in [2.05, 4.69) is 5.32 Å². The van der Waals surface area contributed by atoms with Gasteiger partial charge in [0.1, 0.15) is 0 Å². The summed E-state index contributed by atoms with van der Waals surface area (Å²) in [6, 6.07) is 14.4. The van der Waals surface area contributed by atoms with Gasteiger partial charge in [-0.3, -0.25) is 4.79 Å². The minimum absolute atomic E-state index is 0.00482. The molecule has 3 rings (SSSR count). The molecular formula is C21H25ClN2O3S. The van der Waals surface area contributed by atoms with Crippen LogP contribution in [0.3, 0.4) is 0 Å². The van der Waals surface area contributed by atoms with Gasteiger partial charge >= 0.3 is 0 Å². The first kappa shape index (κ1) is 20.8. The molecule has 1 aliphatic heterocycles. The van der Waals surface area contributed by atoms with Crippen molar-refractivity contribution in [1.82, 2.24) is 9.62 Å². The van der Waals surface area contributed by atoms with E-state index in [1.54, 1.807) is 24.3 Å². The van der Waals surface area contributed by atoms with E-state index in [0.29, 0.717) is 48.7 Å². The zero-order valence-corrected chi connectivity index (χ0v) is 17.5. The van der Waals surface area contributed by atoms with Crippen molar-refractivity contribution in [2.24, 2.45) is 0 Å². The zero-order chi connectivity index (χ0) is 20.1. The summed E-state index contributed by atoms with van der Waals surface area (Å²) >= 11 is 5.87. The molecule has 1 saturated heterocycles. The summed E-state index contributed by atoms with van der Waals surface area (Å²) in [5.41, 5.74) is 2.09. The number of rotatable bonds is 6. The molecule has 0 saturated carbocycles. The van der Waals surface area contributed by atoms with E-state index in [9.17, 15) is 13.2 Å². The first-order valence-electron chi connectivity index (χ1n) is 9.45. The van der Waals surface area contributed by atoms with Crippen molar-refractivity contribution in [3.8, 4) is 0 Å². The second-order valence-electron chi connectivity index (χ2n) is 7.19. The molecule has 1 fully saturated rings. The lowest BCUT2D eigenvalue weighted by atomic mass is 10.1. The van der Waals surface area contributed by atoms with Crippen LogP contribution in [0.5, 0.6) is 0 Å². The van der Waals surface area contributed by atoms with Gasteiger partial charge in [-0.25, -0.2) is 8.42 Å². The average Bonchev–Trinajstić information content (AvgIpc) is 2.68. The quantitative estimate of drug-likeness (QED) is 0.777. The van der Waals surface area contributed by atoms with Crippen LogP contribution >= 0.6 is 11.6 Å². The van der Waals surface area contributed by atoms with Crippen LogP contribution in [-0.4, -0.2) is 37.8 Å². The van der Waals surface area contributed by atoms with Crippen molar-refractivity contribution in [3.05, 3.63) is 64.7 Å². The van der Waals surface area contributed by atoms with E-state index in [1.807, 2.05) is 31.2 Å². The number of halogens is 1. The van der Waals surface area contributed by atoms with Crippen LogP contribution in [0.1, 0.15) is 30.4 Å². The Morgan fingerprint density at radius 2 is 1.68 bits per heavy atom. The number of amides is 1. The first-order chi connectivity index (χ1) is 13.3. The summed E-state index contributed by atoms with van der Waals surface area (Å²) in [5.74, 6) is -0.00482. The second kappa shape index (κ2) is 9.07. The molecule has 2 aromatic carbocycles. The van der Waals surface area contributed by atoms with Gasteiger partial charge in [0, 0.05) is 30.6 Å². The predicted molar refractivity (Wildman–Crippen MR) is 111 cm³/mol. The third-order valence-electron chi connectivity index (χ3n) is 5.03. The minimum Gasteiger partial charge on any atom is -0.353 e. The highest BCUT2D eigenvalue weighted by Crippen LogP contribution is 2.21. The molecule has 0 spiro atoms. The Morgan fingerprint density at radius 3 is 2.29 bits per heavy atom. The maximum absolute atomic E-state index is 12.7. The minimum atomic E-state index is -3.47. The Balaban J connectivity index is 1.47. The summed E-state index contributed by atoms with van der Waals surface area (Å²) in [6.07, 6.45) is 2.31. The topological polar surface area (TPSA) is 66.5 Å². The van der Waals surface area contributed by atoms with E-state index in [1.165, 1.54) is 4.31 Å². The highest BCUT2D eigenvalue weighted by atomic mass is 35.5. The molecule has 28 heavy (non-hydrogen) atoms. The smallest absolute Gasteiger partial charge is 0.243 e. The van der Waals surface area contributed by atoms with Gasteiger partial charge in [0.25, 0.3) is 0 Å². The molecule has 0 bridgehead atoms. The summed E-state index contributed by atoms with van der Waals surface area (Å²) in [5, 5.41) is 3.71. The molecule has 1 N–H and O–H groups in total. The number of carbonyl (C=O) groups excluding carboxylic acids is 1. The van der Waals surface area contributed by atoms with E-state index >= 15 is 0 Å². The molecule has 0 aromatic heterocycles. The van der Waals surface area contributed by atoms with E-state index in [0.717, 1.165) is 11.1 Å². The number of piperidine rings is 1. The largest absolute Gasteiger partial charge is 0.353 e. The molecule has 150 valence electrons. The van der Waals surface area contributed by atoms with E-state index in [4.69, 9.17) is 11.6 Å². The molecule has 0 unspecified atom stereocenters. The van der Waals surface area contributed by atoms with Crippen LogP contribution in [0.2, 0.25) is 5.02 Å². The first-order valence-corrected chi connectivity index (χ1v) is 11.3.